The highest BCUT2D eigenvalue weighted by Gasteiger charge is 2.51. The fraction of sp³-hybridized carbons (Fsp3) is 0.857. The van der Waals surface area contributed by atoms with E-state index in [2.05, 4.69) is 4.74 Å². The number of hydrogen-bond acceptors (Lipinski definition) is 3. The summed E-state index contributed by atoms with van der Waals surface area (Å²) in [6, 6.07) is 0. The predicted octanol–water partition coefficient (Wildman–Crippen LogP) is -0.00880. The number of alkyl halides is 2. The van der Waals surface area contributed by atoms with Crippen LogP contribution in [0.3, 0.4) is 0 Å². The minimum absolute atomic E-state index is 0.358. The van der Waals surface area contributed by atoms with Gasteiger partial charge in [-0.2, -0.15) is 0 Å². The molecule has 2 unspecified atom stereocenters. The van der Waals surface area contributed by atoms with Crippen molar-refractivity contribution in [3.8, 4) is 0 Å². The average molecular weight is 211 g/mol. The number of hydrogen-bond donors (Lipinski definition) is 2. The van der Waals surface area contributed by atoms with Crippen LogP contribution in [-0.4, -0.2) is 59.5 Å². The van der Waals surface area contributed by atoms with Crippen LogP contribution in [0.5, 0.6) is 0 Å². The van der Waals surface area contributed by atoms with Crippen LogP contribution >= 0.6 is 0 Å². The Morgan fingerprint density at radius 2 is 2.21 bits per heavy atom. The molecule has 1 heterocycles. The van der Waals surface area contributed by atoms with Crippen molar-refractivity contribution in [2.45, 2.75) is 18.1 Å². The van der Waals surface area contributed by atoms with E-state index in [9.17, 15) is 18.7 Å². The summed E-state index contributed by atoms with van der Waals surface area (Å²) in [7, 11) is 1.05. The number of rotatable bonds is 1. The lowest BCUT2D eigenvalue weighted by molar-refractivity contribution is -0.199. The van der Waals surface area contributed by atoms with E-state index < -0.39 is 30.8 Å². The first kappa shape index (κ1) is 11.1. The van der Waals surface area contributed by atoms with Gasteiger partial charge in [-0.1, -0.05) is 0 Å². The Labute approximate surface area is 78.9 Å². The minimum Gasteiger partial charge on any atom is -0.465 e. The Morgan fingerprint density at radius 1 is 1.64 bits per heavy atom. The van der Waals surface area contributed by atoms with Gasteiger partial charge in [0.2, 0.25) is 0 Å². The number of nitrogens with zero attached hydrogens (tertiary/aromatic N) is 1. The molecule has 0 saturated carbocycles. The molecule has 82 valence electrons. The molecule has 1 aliphatic rings. The second kappa shape index (κ2) is 3.66. The maximum Gasteiger partial charge on any atom is 0.407 e. The second-order valence-electron chi connectivity index (χ2n) is 3.15. The number of likely N-dealkylation sites (tertiary alicyclic amines) is 1. The van der Waals surface area contributed by atoms with Gasteiger partial charge in [0, 0.05) is 7.11 Å². The van der Waals surface area contributed by atoms with E-state index in [0.717, 1.165) is 7.11 Å². The number of carbonyl (C=O) groups is 1. The number of aliphatic hydroxyl groups excluding tert-OH is 1. The molecule has 2 atom stereocenters. The largest absolute Gasteiger partial charge is 0.465 e. The first-order valence-corrected chi connectivity index (χ1v) is 3.95. The molecule has 0 aromatic heterocycles. The van der Waals surface area contributed by atoms with Gasteiger partial charge in [-0.05, 0) is 0 Å². The van der Waals surface area contributed by atoms with Crippen LogP contribution in [0.15, 0.2) is 0 Å². The quantitative estimate of drug-likeness (QED) is 0.640. The molecule has 7 heteroatoms. The molecule has 0 aromatic rings. The van der Waals surface area contributed by atoms with Gasteiger partial charge in [-0.15, -0.1) is 0 Å². The van der Waals surface area contributed by atoms with Gasteiger partial charge in [0.1, 0.15) is 12.2 Å². The molecule has 14 heavy (non-hydrogen) atoms. The third-order valence-electron chi connectivity index (χ3n) is 2.10. The zero-order valence-corrected chi connectivity index (χ0v) is 7.48. The lowest BCUT2D eigenvalue weighted by Crippen LogP contribution is -2.61. The summed E-state index contributed by atoms with van der Waals surface area (Å²) in [6.07, 6.45) is -4.61. The monoisotopic (exact) mass is 211 g/mol. The maximum absolute atomic E-state index is 13.1. The number of carboxylic acid groups (broad SMARTS) is 1. The highest BCUT2D eigenvalue weighted by atomic mass is 19.3. The smallest absolute Gasteiger partial charge is 0.407 e. The average Bonchev–Trinajstić information content (AvgIpc) is 2.01. The normalized spacial score (nSPS) is 31.6. The van der Waals surface area contributed by atoms with Crippen molar-refractivity contribution >= 4 is 6.09 Å². The fourth-order valence-electron chi connectivity index (χ4n) is 1.49. The Balaban J connectivity index is 2.78. The minimum atomic E-state index is -3.36. The molecule has 0 aromatic carbocycles. The van der Waals surface area contributed by atoms with Crippen molar-refractivity contribution in [1.29, 1.82) is 0 Å². The Morgan fingerprint density at radius 3 is 2.57 bits per heavy atom. The molecule has 1 fully saturated rings. The second-order valence-corrected chi connectivity index (χ2v) is 3.15. The van der Waals surface area contributed by atoms with Crippen molar-refractivity contribution in [2.24, 2.45) is 0 Å². The predicted molar refractivity (Wildman–Crippen MR) is 41.3 cm³/mol. The van der Waals surface area contributed by atoms with Gasteiger partial charge in [0.25, 0.3) is 5.92 Å². The van der Waals surface area contributed by atoms with Gasteiger partial charge < -0.3 is 14.9 Å². The molecular weight excluding hydrogens is 200 g/mol. The first-order valence-electron chi connectivity index (χ1n) is 3.95. The van der Waals surface area contributed by atoms with Crippen molar-refractivity contribution < 1.29 is 28.5 Å². The van der Waals surface area contributed by atoms with E-state index in [0.29, 0.717) is 4.90 Å². The summed E-state index contributed by atoms with van der Waals surface area (Å²) in [6.45, 7) is -1.30. The standard InChI is InChI=1S/C7H11F2NO4/c1-14-5-4(11)2-10(6(12)13)3-7(5,8)9/h4-5,11H,2-3H2,1H3,(H,12,13). The summed E-state index contributed by atoms with van der Waals surface area (Å²) in [5.41, 5.74) is 0. The van der Waals surface area contributed by atoms with Gasteiger partial charge in [0.15, 0.2) is 0 Å². The molecule has 1 rings (SSSR count). The molecule has 0 bridgehead atoms. The van der Waals surface area contributed by atoms with E-state index in [4.69, 9.17) is 5.11 Å². The molecule has 0 aliphatic carbocycles. The third-order valence-corrected chi connectivity index (χ3v) is 2.10. The molecule has 0 radical (unpaired) electrons. The lowest BCUT2D eigenvalue weighted by Gasteiger charge is -2.39. The Bertz CT molecular complexity index is 236. The number of β-amino-alcohol motifs (C(OH)–C–C–N with tert-alkyl or cyclic N) is 1. The van der Waals surface area contributed by atoms with E-state index >= 15 is 0 Å². The molecular formula is C7H11F2NO4. The van der Waals surface area contributed by atoms with Crippen LogP contribution in [-0.2, 0) is 4.74 Å². The van der Waals surface area contributed by atoms with E-state index in [-0.39, 0.29) is 6.54 Å². The highest BCUT2D eigenvalue weighted by Crippen LogP contribution is 2.29. The van der Waals surface area contributed by atoms with Gasteiger partial charge in [-0.25, -0.2) is 13.6 Å². The van der Waals surface area contributed by atoms with Crippen LogP contribution in [0.4, 0.5) is 13.6 Å². The molecule has 2 N–H and O–H groups in total. The summed E-state index contributed by atoms with van der Waals surface area (Å²) in [5, 5.41) is 17.7. The highest BCUT2D eigenvalue weighted by molar-refractivity contribution is 5.65. The van der Waals surface area contributed by atoms with Gasteiger partial charge in [-0.3, -0.25) is 4.90 Å². The Hall–Kier alpha value is -0.950. The summed E-state index contributed by atoms with van der Waals surface area (Å²) in [4.78, 5) is 10.9. The van der Waals surface area contributed by atoms with Crippen LogP contribution in [0, 0.1) is 0 Å². The number of amides is 1. The summed E-state index contributed by atoms with van der Waals surface area (Å²) < 4.78 is 30.7. The number of aliphatic hydroxyl groups is 1. The first-order chi connectivity index (χ1) is 6.38. The van der Waals surface area contributed by atoms with Gasteiger partial charge >= 0.3 is 6.09 Å². The molecule has 1 saturated heterocycles. The number of methoxy groups -OCH3 is 1. The third kappa shape index (κ3) is 1.93. The van der Waals surface area contributed by atoms with Crippen LogP contribution in [0.1, 0.15) is 0 Å². The number of halogens is 2. The zero-order chi connectivity index (χ0) is 10.9. The van der Waals surface area contributed by atoms with Crippen molar-refractivity contribution in [2.75, 3.05) is 20.2 Å². The van der Waals surface area contributed by atoms with E-state index in [1.165, 1.54) is 0 Å². The lowest BCUT2D eigenvalue weighted by atomic mass is 10.0. The zero-order valence-electron chi connectivity index (χ0n) is 7.48. The van der Waals surface area contributed by atoms with Crippen LogP contribution in [0.2, 0.25) is 0 Å². The van der Waals surface area contributed by atoms with Crippen LogP contribution in [0.25, 0.3) is 0 Å². The number of ether oxygens (including phenoxy) is 1. The topological polar surface area (TPSA) is 70.0 Å². The van der Waals surface area contributed by atoms with E-state index in [1.807, 2.05) is 0 Å². The number of piperidine rings is 1. The van der Waals surface area contributed by atoms with E-state index in [1.54, 1.807) is 0 Å². The van der Waals surface area contributed by atoms with Gasteiger partial charge in [0.05, 0.1) is 13.1 Å². The fourth-order valence-corrected chi connectivity index (χ4v) is 1.49. The maximum atomic E-state index is 13.1. The SMILES string of the molecule is COC1C(O)CN(C(=O)O)CC1(F)F. The molecule has 5 nitrogen and oxygen atoms in total. The Kier molecular flexibility index (Phi) is 2.91. The van der Waals surface area contributed by atoms with Crippen molar-refractivity contribution in [3.63, 3.8) is 0 Å². The summed E-state index contributed by atoms with van der Waals surface area (Å²) in [5.74, 6) is -3.36. The molecule has 1 aliphatic heterocycles. The van der Waals surface area contributed by atoms with Crippen molar-refractivity contribution in [1.82, 2.24) is 4.90 Å². The molecule has 0 spiro atoms. The van der Waals surface area contributed by atoms with Crippen molar-refractivity contribution in [3.05, 3.63) is 0 Å². The van der Waals surface area contributed by atoms with Crippen LogP contribution < -0.4 is 0 Å². The summed E-state index contributed by atoms with van der Waals surface area (Å²) >= 11 is 0. The molecule has 1 amide bonds.